The molecule has 0 aliphatic heterocycles. The molecule has 0 amide bonds. The van der Waals surface area contributed by atoms with E-state index in [1.165, 1.54) is 54.3 Å². The molecule has 0 fully saturated rings. The van der Waals surface area contributed by atoms with Crippen molar-refractivity contribution in [1.82, 2.24) is 20.4 Å². The Morgan fingerprint density at radius 2 is 1.06 bits per heavy atom. The van der Waals surface area contributed by atoms with Crippen LogP contribution in [0.5, 0.6) is 0 Å². The van der Waals surface area contributed by atoms with Gasteiger partial charge in [0.2, 0.25) is 5.82 Å². The molecule has 9 rings (SSSR count). The first-order valence-corrected chi connectivity index (χ1v) is 17.7. The lowest BCUT2D eigenvalue weighted by Gasteiger charge is -2.17. The molecule has 0 N–H and O–H groups in total. The number of hydrogen-bond acceptors (Lipinski definition) is 9. The van der Waals surface area contributed by atoms with E-state index in [0.29, 0.717) is 33.7 Å². The molecule has 0 saturated heterocycles. The van der Waals surface area contributed by atoms with Crippen LogP contribution in [0.25, 0.3) is 55.6 Å². The first-order chi connectivity index (χ1) is 25.4. The molecular formula is C43H35N5O4. The van der Waals surface area contributed by atoms with Gasteiger partial charge in [-0.2, -0.15) is 5.26 Å². The van der Waals surface area contributed by atoms with Crippen LogP contribution in [0.3, 0.4) is 0 Å². The zero-order valence-corrected chi connectivity index (χ0v) is 29.0. The molecular weight excluding hydrogens is 651 g/mol. The Morgan fingerprint density at radius 1 is 0.596 bits per heavy atom. The molecule has 4 aromatic carbocycles. The normalized spacial score (nSPS) is 13.5. The summed E-state index contributed by atoms with van der Waals surface area (Å²) in [6.45, 7) is 3.95. The van der Waals surface area contributed by atoms with Crippen LogP contribution in [-0.2, 0) is 25.7 Å². The van der Waals surface area contributed by atoms with Gasteiger partial charge in [-0.05, 0) is 152 Å². The lowest BCUT2D eigenvalue weighted by Crippen LogP contribution is -2.08. The van der Waals surface area contributed by atoms with Gasteiger partial charge in [0.15, 0.2) is 6.33 Å². The quantitative estimate of drug-likeness (QED) is 0.168. The van der Waals surface area contributed by atoms with Crippen molar-refractivity contribution in [3.05, 3.63) is 139 Å². The van der Waals surface area contributed by atoms with E-state index in [4.69, 9.17) is 14.1 Å². The number of aromatic nitrogens is 4. The molecule has 0 atom stereocenters. The number of fused-ring (bicyclic) bond motifs is 4. The maximum absolute atomic E-state index is 12.8. The van der Waals surface area contributed by atoms with Gasteiger partial charge in [0.25, 0.3) is 0 Å². The van der Waals surface area contributed by atoms with E-state index in [0.717, 1.165) is 64.3 Å². The van der Waals surface area contributed by atoms with Crippen molar-refractivity contribution in [2.75, 3.05) is 0 Å². The first kappa shape index (κ1) is 32.9. The van der Waals surface area contributed by atoms with Crippen molar-refractivity contribution in [2.24, 2.45) is 0 Å². The molecule has 256 valence electrons. The average Bonchev–Trinajstić information content (AvgIpc) is 3.17. The first-order valence-electron chi connectivity index (χ1n) is 17.7. The standard InChI is InChI=1S/C22H18N4O2.C21H17NO2/c1-13-18-10-14-5-2-3-6-15(14)11-19(18)28-22(27)20(13)16-7-4-8-17(9-16)21-25-23-12-24-26-21;1-13-18-10-15-6-2-3-7-16(15)11-19(18)24-21(23)20(13)17-8-4-5-14(9-17)12-22/h4,7-12H,2-3,5-6H2,1H3;4-5,8-11H,2-3,6-7H2,1H3. The van der Waals surface area contributed by atoms with Gasteiger partial charge in [-0.1, -0.05) is 30.3 Å². The zero-order valence-electron chi connectivity index (χ0n) is 29.0. The minimum absolute atomic E-state index is 0.330. The Labute approximate surface area is 299 Å². The fourth-order valence-corrected chi connectivity index (χ4v) is 7.70. The minimum atomic E-state index is -0.342. The Balaban J connectivity index is 0.000000151. The molecule has 0 radical (unpaired) electrons. The second-order valence-electron chi connectivity index (χ2n) is 13.6. The van der Waals surface area contributed by atoms with Crippen molar-refractivity contribution in [3.63, 3.8) is 0 Å². The van der Waals surface area contributed by atoms with Gasteiger partial charge < -0.3 is 8.83 Å². The zero-order chi connectivity index (χ0) is 35.8. The Hall–Kier alpha value is -6.27. The van der Waals surface area contributed by atoms with Crippen LogP contribution in [-0.4, -0.2) is 20.4 Å². The smallest absolute Gasteiger partial charge is 0.344 e. The number of nitriles is 1. The highest BCUT2D eigenvalue weighted by Crippen LogP contribution is 2.34. The SMILES string of the molecule is Cc1c(-c2cccc(-c3nncnn3)c2)c(=O)oc2cc3c(cc12)CCCC3.Cc1c(-c2cccc(C#N)c2)c(=O)oc2cc3c(cc12)CCCC3. The molecule has 7 aromatic rings. The van der Waals surface area contributed by atoms with Crippen LogP contribution in [0.2, 0.25) is 0 Å². The van der Waals surface area contributed by atoms with E-state index in [2.05, 4.69) is 38.6 Å². The topological polar surface area (TPSA) is 136 Å². The average molecular weight is 686 g/mol. The lowest BCUT2D eigenvalue weighted by molar-refractivity contribution is 0.560. The van der Waals surface area contributed by atoms with E-state index in [9.17, 15) is 9.59 Å². The van der Waals surface area contributed by atoms with Crippen molar-refractivity contribution >= 4 is 21.9 Å². The summed E-state index contributed by atoms with van der Waals surface area (Å²) in [7, 11) is 0. The van der Waals surface area contributed by atoms with Gasteiger partial charge in [-0.25, -0.2) is 9.59 Å². The number of rotatable bonds is 3. The molecule has 2 aliphatic carbocycles. The third-order valence-corrected chi connectivity index (χ3v) is 10.4. The van der Waals surface area contributed by atoms with Crippen molar-refractivity contribution < 1.29 is 8.83 Å². The third kappa shape index (κ3) is 6.17. The Kier molecular flexibility index (Phi) is 8.73. The number of hydrogen-bond donors (Lipinski definition) is 0. The van der Waals surface area contributed by atoms with Crippen LogP contribution in [0, 0.1) is 25.2 Å². The maximum atomic E-state index is 12.8. The molecule has 52 heavy (non-hydrogen) atoms. The van der Waals surface area contributed by atoms with Crippen LogP contribution < -0.4 is 11.3 Å². The largest absolute Gasteiger partial charge is 0.422 e. The summed E-state index contributed by atoms with van der Waals surface area (Å²) >= 11 is 0. The summed E-state index contributed by atoms with van der Waals surface area (Å²) in [6.07, 6.45) is 10.4. The molecule has 2 aliphatic rings. The van der Waals surface area contributed by atoms with Crippen LogP contribution in [0.1, 0.15) is 64.6 Å². The second-order valence-corrected chi connectivity index (χ2v) is 13.6. The molecule has 0 unspecified atom stereocenters. The van der Waals surface area contributed by atoms with Crippen LogP contribution >= 0.6 is 0 Å². The Bertz CT molecular complexity index is 2670. The van der Waals surface area contributed by atoms with Gasteiger partial charge >= 0.3 is 11.3 Å². The molecule has 0 saturated carbocycles. The van der Waals surface area contributed by atoms with Crippen molar-refractivity contribution in [3.8, 4) is 39.7 Å². The Morgan fingerprint density at radius 3 is 1.58 bits per heavy atom. The summed E-state index contributed by atoms with van der Waals surface area (Å²) in [5, 5.41) is 26.6. The number of benzene rings is 4. The molecule has 9 nitrogen and oxygen atoms in total. The van der Waals surface area contributed by atoms with Crippen LogP contribution in [0.4, 0.5) is 0 Å². The maximum Gasteiger partial charge on any atom is 0.344 e. The second kappa shape index (κ2) is 13.8. The highest BCUT2D eigenvalue weighted by molar-refractivity contribution is 5.89. The summed E-state index contributed by atoms with van der Waals surface area (Å²) < 4.78 is 11.4. The summed E-state index contributed by atoms with van der Waals surface area (Å²) in [5.74, 6) is 0.418. The summed E-state index contributed by atoms with van der Waals surface area (Å²) in [4.78, 5) is 25.4. The molecule has 3 aromatic heterocycles. The van der Waals surface area contributed by atoms with Gasteiger partial charge in [-0.3, -0.25) is 0 Å². The van der Waals surface area contributed by atoms with E-state index in [-0.39, 0.29) is 11.3 Å². The van der Waals surface area contributed by atoms with E-state index < -0.39 is 0 Å². The van der Waals surface area contributed by atoms with E-state index in [1.807, 2.05) is 56.3 Å². The lowest BCUT2D eigenvalue weighted by atomic mass is 9.89. The van der Waals surface area contributed by atoms with Crippen molar-refractivity contribution in [2.45, 2.75) is 65.2 Å². The molecule has 0 spiro atoms. The summed E-state index contributed by atoms with van der Waals surface area (Å²) in [5.41, 5.74) is 11.8. The molecule has 9 heteroatoms. The monoisotopic (exact) mass is 685 g/mol. The predicted molar refractivity (Wildman–Crippen MR) is 200 cm³/mol. The highest BCUT2D eigenvalue weighted by atomic mass is 16.4. The fourth-order valence-electron chi connectivity index (χ4n) is 7.70. The van der Waals surface area contributed by atoms with Gasteiger partial charge in [0, 0.05) is 16.3 Å². The molecule has 0 bridgehead atoms. The predicted octanol–water partition coefficient (Wildman–Crippen LogP) is 8.41. The molecule has 3 heterocycles. The minimum Gasteiger partial charge on any atom is -0.422 e. The van der Waals surface area contributed by atoms with Gasteiger partial charge in [0.05, 0.1) is 22.8 Å². The van der Waals surface area contributed by atoms with Crippen molar-refractivity contribution in [1.29, 1.82) is 5.26 Å². The number of aryl methyl sites for hydroxylation is 6. The van der Waals surface area contributed by atoms with Crippen LogP contribution in [0.15, 0.2) is 97.5 Å². The van der Waals surface area contributed by atoms with E-state index >= 15 is 0 Å². The third-order valence-electron chi connectivity index (χ3n) is 10.4. The van der Waals surface area contributed by atoms with Gasteiger partial charge in [-0.15, -0.1) is 20.4 Å². The highest BCUT2D eigenvalue weighted by Gasteiger charge is 2.19. The summed E-state index contributed by atoms with van der Waals surface area (Å²) in [6, 6.07) is 25.2. The van der Waals surface area contributed by atoms with E-state index in [1.54, 1.807) is 18.2 Å². The number of nitrogens with zero attached hydrogens (tertiary/aromatic N) is 5. The van der Waals surface area contributed by atoms with Gasteiger partial charge in [0.1, 0.15) is 11.2 Å². The fraction of sp³-hybridized carbons (Fsp3) is 0.233.